The van der Waals surface area contributed by atoms with Gasteiger partial charge in [-0.1, -0.05) is 0 Å². The fourth-order valence-electron chi connectivity index (χ4n) is 1.21. The molecule has 0 bridgehead atoms. The molecule has 1 aromatic rings. The Kier molecular flexibility index (Phi) is 3.83. The van der Waals surface area contributed by atoms with Crippen molar-refractivity contribution in [2.45, 2.75) is 6.18 Å². The van der Waals surface area contributed by atoms with E-state index in [1.54, 1.807) is 0 Å². The van der Waals surface area contributed by atoms with Crippen molar-refractivity contribution in [3.8, 4) is 5.75 Å². The summed E-state index contributed by atoms with van der Waals surface area (Å²) in [6.07, 6.45) is -4.69. The van der Waals surface area contributed by atoms with Gasteiger partial charge in [0.15, 0.2) is 12.4 Å². The molecule has 0 spiro atoms. The van der Waals surface area contributed by atoms with Crippen LogP contribution in [0.4, 0.5) is 24.5 Å². The Hall–Kier alpha value is -2.52. The molecule has 0 fully saturated rings. The largest absolute Gasteiger partial charge is 0.481 e. The second-order valence-electron chi connectivity index (χ2n) is 3.38. The third-order valence-corrected chi connectivity index (χ3v) is 1.92. The fourth-order valence-corrected chi connectivity index (χ4v) is 1.21. The van der Waals surface area contributed by atoms with E-state index in [2.05, 4.69) is 4.74 Å². The number of carboxylic acids is 1. The van der Waals surface area contributed by atoms with Crippen LogP contribution in [0.5, 0.6) is 5.75 Å². The maximum Gasteiger partial charge on any atom is 0.422 e. The molecule has 10 heteroatoms. The predicted molar refractivity (Wildman–Crippen MR) is 56.0 cm³/mol. The molecule has 0 radical (unpaired) electrons. The summed E-state index contributed by atoms with van der Waals surface area (Å²) >= 11 is 0. The molecule has 19 heavy (non-hydrogen) atoms. The SMILES string of the molecule is Nc1cc([N+](=O)[O-])cc(C(=O)O)c1OCC(F)(F)F. The highest BCUT2D eigenvalue weighted by atomic mass is 19.4. The average Bonchev–Trinajstić information content (AvgIpc) is 2.24. The summed E-state index contributed by atoms with van der Waals surface area (Å²) in [7, 11) is 0. The van der Waals surface area contributed by atoms with Gasteiger partial charge in [-0.3, -0.25) is 10.1 Å². The molecule has 3 N–H and O–H groups in total. The van der Waals surface area contributed by atoms with Crippen molar-refractivity contribution < 1.29 is 32.7 Å². The van der Waals surface area contributed by atoms with Crippen molar-refractivity contribution in [1.82, 2.24) is 0 Å². The van der Waals surface area contributed by atoms with Crippen molar-refractivity contribution in [2.24, 2.45) is 0 Å². The van der Waals surface area contributed by atoms with E-state index < -0.39 is 46.4 Å². The van der Waals surface area contributed by atoms with Gasteiger partial charge in [0.2, 0.25) is 0 Å². The van der Waals surface area contributed by atoms with Gasteiger partial charge in [-0.2, -0.15) is 13.2 Å². The molecule has 0 heterocycles. The van der Waals surface area contributed by atoms with E-state index in [0.29, 0.717) is 6.07 Å². The first-order chi connectivity index (χ1) is 8.61. The van der Waals surface area contributed by atoms with Crippen LogP contribution in [-0.4, -0.2) is 28.8 Å². The Bertz CT molecular complexity index is 529. The summed E-state index contributed by atoms with van der Waals surface area (Å²) < 4.78 is 40.3. The first-order valence-corrected chi connectivity index (χ1v) is 4.62. The summed E-state index contributed by atoms with van der Waals surface area (Å²) in [5, 5.41) is 19.3. The van der Waals surface area contributed by atoms with E-state index in [4.69, 9.17) is 10.8 Å². The number of nitrogens with zero attached hydrogens (tertiary/aromatic N) is 1. The molecule has 0 saturated carbocycles. The summed E-state index contributed by atoms with van der Waals surface area (Å²) in [5.74, 6) is -2.44. The molecule has 104 valence electrons. The maximum absolute atomic E-state index is 12.0. The molecule has 0 unspecified atom stereocenters. The van der Waals surface area contributed by atoms with Crippen molar-refractivity contribution >= 4 is 17.3 Å². The van der Waals surface area contributed by atoms with Gasteiger partial charge in [-0.05, 0) is 0 Å². The minimum absolute atomic E-state index is 0.559. The predicted octanol–water partition coefficient (Wildman–Crippen LogP) is 1.82. The lowest BCUT2D eigenvalue weighted by Crippen LogP contribution is -2.21. The standard InChI is InChI=1S/C9H7F3N2O5/c10-9(11,12)3-19-7-5(8(15)16)1-4(14(17)18)2-6(7)13/h1-2H,3,13H2,(H,15,16). The van der Waals surface area contributed by atoms with Gasteiger partial charge in [0, 0.05) is 12.1 Å². The van der Waals surface area contributed by atoms with E-state index >= 15 is 0 Å². The van der Waals surface area contributed by atoms with Gasteiger partial charge < -0.3 is 15.6 Å². The van der Waals surface area contributed by atoms with Crippen LogP contribution in [0.3, 0.4) is 0 Å². The topological polar surface area (TPSA) is 116 Å². The fraction of sp³-hybridized carbons (Fsp3) is 0.222. The van der Waals surface area contributed by atoms with Gasteiger partial charge in [-0.25, -0.2) is 4.79 Å². The Labute approximate surface area is 103 Å². The Morgan fingerprint density at radius 2 is 2.05 bits per heavy atom. The Morgan fingerprint density at radius 1 is 1.47 bits per heavy atom. The second-order valence-corrected chi connectivity index (χ2v) is 3.38. The van der Waals surface area contributed by atoms with Gasteiger partial charge in [-0.15, -0.1) is 0 Å². The van der Waals surface area contributed by atoms with Gasteiger partial charge in [0.05, 0.1) is 10.6 Å². The smallest absolute Gasteiger partial charge is 0.422 e. The number of nitrogens with two attached hydrogens (primary N) is 1. The zero-order valence-corrected chi connectivity index (χ0v) is 9.10. The molecule has 0 aliphatic carbocycles. The number of alkyl halides is 3. The zero-order chi connectivity index (χ0) is 14.8. The Balaban J connectivity index is 3.23. The maximum atomic E-state index is 12.0. The number of aromatic carboxylic acids is 1. The molecule has 0 aliphatic rings. The van der Waals surface area contributed by atoms with Crippen LogP contribution in [0.25, 0.3) is 0 Å². The summed E-state index contributed by atoms with van der Waals surface area (Å²) in [6, 6.07) is 1.29. The van der Waals surface area contributed by atoms with E-state index in [1.165, 1.54) is 0 Å². The van der Waals surface area contributed by atoms with Crippen LogP contribution >= 0.6 is 0 Å². The Morgan fingerprint density at radius 3 is 2.47 bits per heavy atom. The van der Waals surface area contributed by atoms with Gasteiger partial charge >= 0.3 is 12.1 Å². The van der Waals surface area contributed by atoms with Crippen LogP contribution in [0.2, 0.25) is 0 Å². The third kappa shape index (κ3) is 3.72. The number of anilines is 1. The summed E-state index contributed by atoms with van der Waals surface area (Å²) in [5.41, 5.74) is 3.24. The highest BCUT2D eigenvalue weighted by Crippen LogP contribution is 2.32. The van der Waals surface area contributed by atoms with Gasteiger partial charge in [0.1, 0.15) is 5.56 Å². The number of hydrogen-bond acceptors (Lipinski definition) is 5. The molecule has 0 aliphatic heterocycles. The number of non-ortho nitro benzene ring substituents is 1. The van der Waals surface area contributed by atoms with Gasteiger partial charge in [0.25, 0.3) is 5.69 Å². The number of rotatable bonds is 4. The van der Waals surface area contributed by atoms with Crippen LogP contribution < -0.4 is 10.5 Å². The number of carbonyl (C=O) groups is 1. The first-order valence-electron chi connectivity index (χ1n) is 4.62. The van der Waals surface area contributed by atoms with Crippen LogP contribution in [0.15, 0.2) is 12.1 Å². The number of benzene rings is 1. The number of carboxylic acid groups (broad SMARTS) is 1. The third-order valence-electron chi connectivity index (χ3n) is 1.92. The van der Waals surface area contributed by atoms with Crippen LogP contribution in [-0.2, 0) is 0 Å². The second kappa shape index (κ2) is 5.00. The van der Waals surface area contributed by atoms with Crippen molar-refractivity contribution in [1.29, 1.82) is 0 Å². The lowest BCUT2D eigenvalue weighted by molar-refractivity contribution is -0.384. The van der Waals surface area contributed by atoms with E-state index in [1.807, 2.05) is 0 Å². The molecular weight excluding hydrogens is 273 g/mol. The highest BCUT2D eigenvalue weighted by molar-refractivity contribution is 5.94. The summed E-state index contributed by atoms with van der Waals surface area (Å²) in [6.45, 7) is -1.75. The highest BCUT2D eigenvalue weighted by Gasteiger charge is 2.30. The molecule has 7 nitrogen and oxygen atoms in total. The number of halogens is 3. The van der Waals surface area contributed by atoms with Crippen molar-refractivity contribution in [2.75, 3.05) is 12.3 Å². The molecule has 0 saturated heterocycles. The lowest BCUT2D eigenvalue weighted by atomic mass is 10.1. The van der Waals surface area contributed by atoms with E-state index in [0.717, 1.165) is 6.07 Å². The molecule has 0 atom stereocenters. The van der Waals surface area contributed by atoms with Crippen LogP contribution in [0.1, 0.15) is 10.4 Å². The molecule has 0 aromatic heterocycles. The number of ether oxygens (including phenoxy) is 1. The average molecular weight is 280 g/mol. The minimum Gasteiger partial charge on any atom is -0.481 e. The first kappa shape index (κ1) is 14.5. The molecule has 0 amide bonds. The normalized spacial score (nSPS) is 11.1. The molecule has 1 aromatic carbocycles. The van der Waals surface area contributed by atoms with E-state index in [9.17, 15) is 28.1 Å². The molecule has 1 rings (SSSR count). The minimum atomic E-state index is -4.69. The monoisotopic (exact) mass is 280 g/mol. The van der Waals surface area contributed by atoms with Crippen molar-refractivity contribution in [3.05, 3.63) is 27.8 Å². The number of hydrogen-bond donors (Lipinski definition) is 2. The molecular formula is C9H7F3N2O5. The number of nitro benzene ring substituents is 1. The van der Waals surface area contributed by atoms with Crippen LogP contribution in [0, 0.1) is 10.1 Å². The number of nitro groups is 1. The summed E-state index contributed by atoms with van der Waals surface area (Å²) in [4.78, 5) is 20.4. The number of nitrogen functional groups attached to an aromatic ring is 1. The van der Waals surface area contributed by atoms with Crippen molar-refractivity contribution in [3.63, 3.8) is 0 Å². The quantitative estimate of drug-likeness (QED) is 0.493. The lowest BCUT2D eigenvalue weighted by Gasteiger charge is -2.13. The zero-order valence-electron chi connectivity index (χ0n) is 9.10. The van der Waals surface area contributed by atoms with E-state index in [-0.39, 0.29) is 0 Å².